The molecule has 0 amide bonds. The molecule has 23 heavy (non-hydrogen) atoms. The maximum atomic E-state index is 10.3. The van der Waals surface area contributed by atoms with Crippen LogP contribution in [0.1, 0.15) is 78.1 Å². The van der Waals surface area contributed by atoms with Gasteiger partial charge in [0.05, 0.1) is 0 Å². The Morgan fingerprint density at radius 3 is 1.74 bits per heavy atom. The Kier molecular flexibility index (Phi) is 23.4. The molecule has 2 nitrogen and oxygen atoms in total. The van der Waals surface area contributed by atoms with Crippen LogP contribution in [-0.4, -0.2) is 11.1 Å². The number of rotatable bonds is 13. The molecule has 0 saturated carbocycles. The lowest BCUT2D eigenvalue weighted by molar-refractivity contribution is -0.137. The smallest absolute Gasteiger partial charge is 0.303 e. The Hall–Kier alpha value is -1.57. The minimum Gasteiger partial charge on any atom is -0.481 e. The summed E-state index contributed by atoms with van der Waals surface area (Å²) in [5.41, 5.74) is 0. The molecule has 0 aliphatic carbocycles. The first kappa shape index (κ1) is 23.7. The predicted molar refractivity (Wildman–Crippen MR) is 103 cm³/mol. The molecular formula is C21H36O2. The zero-order valence-electron chi connectivity index (χ0n) is 15.2. The number of hydrogen-bond donors (Lipinski definition) is 1. The van der Waals surface area contributed by atoms with E-state index in [-0.39, 0.29) is 0 Å². The summed E-state index contributed by atoms with van der Waals surface area (Å²) in [6.07, 6.45) is 25.1. The van der Waals surface area contributed by atoms with Crippen molar-refractivity contribution in [3.63, 3.8) is 0 Å². The number of carboxylic acids is 1. The van der Waals surface area contributed by atoms with Gasteiger partial charge >= 0.3 is 5.97 Å². The number of carboxylic acid groups (broad SMARTS) is 1. The Morgan fingerprint density at radius 2 is 1.30 bits per heavy atom. The van der Waals surface area contributed by atoms with Crippen LogP contribution >= 0.6 is 0 Å². The third kappa shape index (κ3) is 29.1. The number of carbonyl (C=O) groups is 1. The molecule has 0 heterocycles. The van der Waals surface area contributed by atoms with Gasteiger partial charge < -0.3 is 5.11 Å². The zero-order chi connectivity index (χ0) is 17.6. The van der Waals surface area contributed by atoms with E-state index in [0.29, 0.717) is 6.42 Å². The van der Waals surface area contributed by atoms with Crippen LogP contribution in [0.3, 0.4) is 0 Å². The largest absolute Gasteiger partial charge is 0.481 e. The van der Waals surface area contributed by atoms with Gasteiger partial charge in [-0.25, -0.2) is 0 Å². The quantitative estimate of drug-likeness (QED) is 0.297. The molecule has 0 aromatic heterocycles. The molecule has 0 atom stereocenters. The molecule has 0 aliphatic rings. The average Bonchev–Trinajstić information content (AvgIpc) is 2.51. The predicted octanol–water partition coefficient (Wildman–Crippen LogP) is 6.85. The molecule has 0 aromatic carbocycles. The first-order valence-corrected chi connectivity index (χ1v) is 8.92. The summed E-state index contributed by atoms with van der Waals surface area (Å²) in [6.45, 7) is 7.48. The Balaban J connectivity index is 0. The first-order chi connectivity index (χ1) is 11.2. The van der Waals surface area contributed by atoms with Crippen LogP contribution in [0.4, 0.5) is 0 Å². The third-order valence-corrected chi connectivity index (χ3v) is 3.03. The molecule has 0 unspecified atom stereocenters. The summed E-state index contributed by atoms with van der Waals surface area (Å²) in [6, 6.07) is 0. The van der Waals surface area contributed by atoms with Gasteiger partial charge in [-0.3, -0.25) is 4.79 Å². The van der Waals surface area contributed by atoms with E-state index in [4.69, 9.17) is 5.11 Å². The van der Waals surface area contributed by atoms with Crippen molar-refractivity contribution in [1.29, 1.82) is 0 Å². The molecule has 1 N–H and O–H groups in total. The van der Waals surface area contributed by atoms with E-state index >= 15 is 0 Å². The highest BCUT2D eigenvalue weighted by Gasteiger charge is 1.93. The Bertz CT molecular complexity index is 338. The van der Waals surface area contributed by atoms with Crippen molar-refractivity contribution in [2.24, 2.45) is 0 Å². The van der Waals surface area contributed by atoms with Crippen molar-refractivity contribution < 1.29 is 9.90 Å². The van der Waals surface area contributed by atoms with Gasteiger partial charge in [0.25, 0.3) is 0 Å². The lowest BCUT2D eigenvalue weighted by Gasteiger charge is -1.92. The van der Waals surface area contributed by atoms with Crippen LogP contribution < -0.4 is 0 Å². The highest BCUT2D eigenvalue weighted by molar-refractivity contribution is 5.66. The number of allylic oxidation sites excluding steroid dienone is 7. The van der Waals surface area contributed by atoms with Gasteiger partial charge in [-0.05, 0) is 51.9 Å². The second-order valence-electron chi connectivity index (χ2n) is 5.43. The fourth-order valence-electron chi connectivity index (χ4n) is 1.83. The molecule has 132 valence electrons. The van der Waals surface area contributed by atoms with E-state index in [1.165, 1.54) is 25.7 Å². The molecular weight excluding hydrogens is 284 g/mol. The minimum atomic E-state index is -0.695. The fraction of sp³-hybridized carbons (Fsp3) is 0.571. The van der Waals surface area contributed by atoms with Crippen molar-refractivity contribution in [3.05, 3.63) is 49.1 Å². The van der Waals surface area contributed by atoms with Gasteiger partial charge in [0.15, 0.2) is 0 Å². The summed E-state index contributed by atoms with van der Waals surface area (Å²) in [4.78, 5) is 10.3. The molecule has 0 rings (SSSR count). The van der Waals surface area contributed by atoms with Crippen LogP contribution in [0.15, 0.2) is 49.1 Å². The minimum absolute atomic E-state index is 0.290. The standard InChI is InChI=1S/C18H30O2.C3H6/c1-2-3-4-5-6-7-8-9-10-11-12-13-14-15-16-17-18(19)20;1-3-2/h6-7,9-10,12-13H,2-5,8,11,14-17H2,1H3,(H,19,20);3H,1H2,2H3/b7-6-,10-9-,13-12-;. The molecule has 0 fully saturated rings. The Labute approximate surface area is 143 Å². The maximum absolute atomic E-state index is 10.3. The van der Waals surface area contributed by atoms with E-state index < -0.39 is 5.97 Å². The van der Waals surface area contributed by atoms with E-state index in [1.807, 2.05) is 6.92 Å². The average molecular weight is 321 g/mol. The highest BCUT2D eigenvalue weighted by Crippen LogP contribution is 2.02. The molecule has 0 aliphatic heterocycles. The number of aliphatic carboxylic acids is 1. The van der Waals surface area contributed by atoms with Crippen molar-refractivity contribution in [2.45, 2.75) is 78.1 Å². The summed E-state index contributed by atoms with van der Waals surface area (Å²) in [5.74, 6) is -0.695. The molecule has 0 bridgehead atoms. The molecule has 0 spiro atoms. The van der Waals surface area contributed by atoms with Gasteiger partial charge in [-0.15, -0.1) is 6.58 Å². The van der Waals surface area contributed by atoms with Crippen LogP contribution in [-0.2, 0) is 4.79 Å². The van der Waals surface area contributed by atoms with Crippen molar-refractivity contribution in [1.82, 2.24) is 0 Å². The van der Waals surface area contributed by atoms with E-state index in [9.17, 15) is 4.79 Å². The molecule has 2 heteroatoms. The van der Waals surface area contributed by atoms with Gasteiger partial charge in [-0.2, -0.15) is 0 Å². The fourth-order valence-corrected chi connectivity index (χ4v) is 1.83. The summed E-state index contributed by atoms with van der Waals surface area (Å²) in [7, 11) is 0. The van der Waals surface area contributed by atoms with Crippen molar-refractivity contribution in [2.75, 3.05) is 0 Å². The van der Waals surface area contributed by atoms with E-state index in [2.05, 4.69) is 50.0 Å². The van der Waals surface area contributed by atoms with Gasteiger partial charge in [0.1, 0.15) is 0 Å². The molecule has 0 saturated heterocycles. The Morgan fingerprint density at radius 1 is 0.870 bits per heavy atom. The topological polar surface area (TPSA) is 37.3 Å². The van der Waals surface area contributed by atoms with Crippen LogP contribution in [0, 0.1) is 0 Å². The summed E-state index contributed by atoms with van der Waals surface area (Å²) in [5, 5.41) is 8.48. The van der Waals surface area contributed by atoms with Crippen molar-refractivity contribution in [3.8, 4) is 0 Å². The molecule has 0 radical (unpaired) electrons. The van der Waals surface area contributed by atoms with E-state index in [0.717, 1.165) is 32.1 Å². The van der Waals surface area contributed by atoms with Gasteiger partial charge in [0.2, 0.25) is 0 Å². The first-order valence-electron chi connectivity index (χ1n) is 8.92. The highest BCUT2D eigenvalue weighted by atomic mass is 16.4. The van der Waals surface area contributed by atoms with Crippen LogP contribution in [0.5, 0.6) is 0 Å². The van der Waals surface area contributed by atoms with Gasteiger partial charge in [-0.1, -0.05) is 62.3 Å². The second kappa shape index (κ2) is 22.7. The summed E-state index contributed by atoms with van der Waals surface area (Å²) < 4.78 is 0. The maximum Gasteiger partial charge on any atom is 0.303 e. The lowest BCUT2D eigenvalue weighted by atomic mass is 10.2. The van der Waals surface area contributed by atoms with Crippen LogP contribution in [0.25, 0.3) is 0 Å². The number of hydrogen-bond acceptors (Lipinski definition) is 1. The third-order valence-electron chi connectivity index (χ3n) is 3.03. The van der Waals surface area contributed by atoms with Gasteiger partial charge in [0, 0.05) is 6.42 Å². The second-order valence-corrected chi connectivity index (χ2v) is 5.43. The zero-order valence-corrected chi connectivity index (χ0v) is 15.2. The van der Waals surface area contributed by atoms with E-state index in [1.54, 1.807) is 6.08 Å². The lowest BCUT2D eigenvalue weighted by Crippen LogP contribution is -1.92. The normalized spacial score (nSPS) is 11.0. The SMILES string of the molecule is C=CC.CCCCC/C=C\C/C=C\C/C=C\CCCCC(=O)O. The van der Waals surface area contributed by atoms with Crippen LogP contribution in [0.2, 0.25) is 0 Å². The van der Waals surface area contributed by atoms with Crippen molar-refractivity contribution >= 4 is 5.97 Å². The monoisotopic (exact) mass is 320 g/mol. The number of unbranched alkanes of at least 4 members (excludes halogenated alkanes) is 5. The summed E-state index contributed by atoms with van der Waals surface area (Å²) >= 11 is 0. The molecule has 0 aromatic rings.